The van der Waals surface area contributed by atoms with E-state index in [1.165, 1.54) is 0 Å². The highest BCUT2D eigenvalue weighted by Crippen LogP contribution is 2.25. The lowest BCUT2D eigenvalue weighted by Gasteiger charge is -2.21. The third-order valence-corrected chi connectivity index (χ3v) is 4.27. The normalized spacial score (nSPS) is 15.3. The molecule has 0 spiro atoms. The lowest BCUT2D eigenvalue weighted by molar-refractivity contribution is 0.120. The second kappa shape index (κ2) is 7.62. The summed E-state index contributed by atoms with van der Waals surface area (Å²) in [6, 6.07) is 19.1. The molecule has 0 aliphatic heterocycles. The van der Waals surface area contributed by atoms with E-state index in [2.05, 4.69) is 5.32 Å². The maximum atomic E-state index is 10.3. The van der Waals surface area contributed by atoms with Crippen molar-refractivity contribution < 1.29 is 14.6 Å². The molecule has 3 unspecified atom stereocenters. The molecule has 1 aromatic heterocycles. The fraction of sp³-hybridized carbons (Fsp3) is 0.300. The molecule has 3 aromatic rings. The molecule has 0 aliphatic carbocycles. The number of aliphatic hydroxyl groups is 2. The molecule has 4 nitrogen and oxygen atoms in total. The summed E-state index contributed by atoms with van der Waals surface area (Å²) < 4.78 is 5.68. The first-order chi connectivity index (χ1) is 11.6. The number of hydrogen-bond acceptors (Lipinski definition) is 4. The SMILES string of the molecule is CC(NCCC(O)c1cc2ccccc2o1)C(O)c1ccccc1. The van der Waals surface area contributed by atoms with E-state index in [0.29, 0.717) is 18.7 Å². The third-order valence-electron chi connectivity index (χ3n) is 4.27. The third kappa shape index (κ3) is 3.85. The van der Waals surface area contributed by atoms with Gasteiger partial charge < -0.3 is 19.9 Å². The molecular weight excluding hydrogens is 302 g/mol. The van der Waals surface area contributed by atoms with Crippen molar-refractivity contribution in [3.8, 4) is 0 Å². The Hall–Kier alpha value is -2.14. The van der Waals surface area contributed by atoms with Crippen LogP contribution < -0.4 is 5.32 Å². The number of furan rings is 1. The Kier molecular flexibility index (Phi) is 5.30. The summed E-state index contributed by atoms with van der Waals surface area (Å²) in [5.74, 6) is 0.578. The standard InChI is InChI=1S/C20H23NO3/c1-14(20(23)15-7-3-2-4-8-15)21-12-11-17(22)19-13-16-9-5-6-10-18(16)24-19/h2-10,13-14,17,20-23H,11-12H2,1H3. The first kappa shape index (κ1) is 16.7. The van der Waals surface area contributed by atoms with Crippen LogP contribution in [0.3, 0.4) is 0 Å². The van der Waals surface area contributed by atoms with E-state index in [1.54, 1.807) is 0 Å². The van der Waals surface area contributed by atoms with Gasteiger partial charge in [-0.05, 0) is 37.6 Å². The van der Waals surface area contributed by atoms with Gasteiger partial charge in [-0.3, -0.25) is 0 Å². The number of rotatable bonds is 7. The smallest absolute Gasteiger partial charge is 0.134 e. The largest absolute Gasteiger partial charge is 0.458 e. The fourth-order valence-corrected chi connectivity index (χ4v) is 2.81. The quantitative estimate of drug-likeness (QED) is 0.621. The predicted molar refractivity (Wildman–Crippen MR) is 94.7 cm³/mol. The van der Waals surface area contributed by atoms with Crippen LogP contribution in [0, 0.1) is 0 Å². The molecule has 0 amide bonds. The van der Waals surface area contributed by atoms with E-state index in [4.69, 9.17) is 4.42 Å². The van der Waals surface area contributed by atoms with Crippen LogP contribution in [-0.2, 0) is 0 Å². The molecule has 0 bridgehead atoms. The van der Waals surface area contributed by atoms with Crippen molar-refractivity contribution in [3.05, 3.63) is 72.0 Å². The highest BCUT2D eigenvalue weighted by Gasteiger charge is 2.17. The zero-order chi connectivity index (χ0) is 16.9. The van der Waals surface area contributed by atoms with Crippen LogP contribution in [0.2, 0.25) is 0 Å². The summed E-state index contributed by atoms with van der Waals surface area (Å²) in [6.45, 7) is 2.52. The van der Waals surface area contributed by atoms with Gasteiger partial charge in [0.1, 0.15) is 17.4 Å². The summed E-state index contributed by atoms with van der Waals surface area (Å²) >= 11 is 0. The van der Waals surface area contributed by atoms with Crippen LogP contribution in [0.5, 0.6) is 0 Å². The van der Waals surface area contributed by atoms with Crippen LogP contribution in [0.1, 0.15) is 36.9 Å². The van der Waals surface area contributed by atoms with Crippen LogP contribution in [-0.4, -0.2) is 22.8 Å². The minimum Gasteiger partial charge on any atom is -0.458 e. The highest BCUT2D eigenvalue weighted by molar-refractivity contribution is 5.77. The average Bonchev–Trinajstić information content (AvgIpc) is 3.06. The Morgan fingerprint density at radius 2 is 1.71 bits per heavy atom. The predicted octanol–water partition coefficient (Wildman–Crippen LogP) is 3.57. The molecule has 0 fully saturated rings. The number of nitrogens with one attached hydrogen (secondary N) is 1. The number of para-hydroxylation sites is 1. The Labute approximate surface area is 141 Å². The van der Waals surface area contributed by atoms with Crippen molar-refractivity contribution in [3.63, 3.8) is 0 Å². The van der Waals surface area contributed by atoms with Gasteiger partial charge in [0.15, 0.2) is 0 Å². The molecule has 0 radical (unpaired) electrons. The number of benzene rings is 2. The zero-order valence-corrected chi connectivity index (χ0v) is 13.7. The van der Waals surface area contributed by atoms with Gasteiger partial charge in [-0.15, -0.1) is 0 Å². The maximum Gasteiger partial charge on any atom is 0.134 e. The van der Waals surface area contributed by atoms with Gasteiger partial charge >= 0.3 is 0 Å². The molecule has 4 heteroatoms. The van der Waals surface area contributed by atoms with Crippen molar-refractivity contribution in [2.75, 3.05) is 6.54 Å². The van der Waals surface area contributed by atoms with Gasteiger partial charge in [-0.1, -0.05) is 48.5 Å². The van der Waals surface area contributed by atoms with Crippen molar-refractivity contribution in [2.45, 2.75) is 31.6 Å². The van der Waals surface area contributed by atoms with Gasteiger partial charge in [0.25, 0.3) is 0 Å². The first-order valence-electron chi connectivity index (χ1n) is 8.28. The van der Waals surface area contributed by atoms with Gasteiger partial charge in [-0.2, -0.15) is 0 Å². The van der Waals surface area contributed by atoms with Crippen LogP contribution in [0.4, 0.5) is 0 Å². The minimum atomic E-state index is -0.661. The van der Waals surface area contributed by atoms with Crippen molar-refractivity contribution in [1.29, 1.82) is 0 Å². The number of fused-ring (bicyclic) bond motifs is 1. The molecule has 24 heavy (non-hydrogen) atoms. The molecule has 3 atom stereocenters. The molecule has 3 rings (SSSR count). The first-order valence-corrected chi connectivity index (χ1v) is 8.28. The minimum absolute atomic E-state index is 0.102. The van der Waals surface area contributed by atoms with Crippen LogP contribution in [0.25, 0.3) is 11.0 Å². The van der Waals surface area contributed by atoms with Crippen molar-refractivity contribution in [1.82, 2.24) is 5.32 Å². The summed E-state index contributed by atoms with van der Waals surface area (Å²) in [4.78, 5) is 0. The summed E-state index contributed by atoms with van der Waals surface area (Å²) in [6.07, 6.45) is -0.716. The zero-order valence-electron chi connectivity index (χ0n) is 13.7. The fourth-order valence-electron chi connectivity index (χ4n) is 2.81. The van der Waals surface area contributed by atoms with Gasteiger partial charge in [-0.25, -0.2) is 0 Å². The molecule has 0 saturated heterocycles. The molecule has 126 valence electrons. The highest BCUT2D eigenvalue weighted by atomic mass is 16.4. The van der Waals surface area contributed by atoms with E-state index in [1.807, 2.05) is 67.6 Å². The Morgan fingerprint density at radius 1 is 1.00 bits per heavy atom. The van der Waals surface area contributed by atoms with Gasteiger partial charge in [0.2, 0.25) is 0 Å². The maximum absolute atomic E-state index is 10.3. The molecule has 1 heterocycles. The second-order valence-electron chi connectivity index (χ2n) is 6.09. The summed E-state index contributed by atoms with van der Waals surface area (Å²) in [5.41, 5.74) is 1.67. The molecular formula is C20H23NO3. The second-order valence-corrected chi connectivity index (χ2v) is 6.09. The van der Waals surface area contributed by atoms with Crippen molar-refractivity contribution in [2.24, 2.45) is 0 Å². The number of aliphatic hydroxyl groups excluding tert-OH is 2. The molecule has 0 aliphatic rings. The van der Waals surface area contributed by atoms with Gasteiger partial charge in [0, 0.05) is 11.4 Å². The summed E-state index contributed by atoms with van der Waals surface area (Å²) in [7, 11) is 0. The van der Waals surface area contributed by atoms with E-state index >= 15 is 0 Å². The van der Waals surface area contributed by atoms with E-state index in [0.717, 1.165) is 16.5 Å². The Morgan fingerprint density at radius 3 is 2.46 bits per heavy atom. The van der Waals surface area contributed by atoms with E-state index in [9.17, 15) is 10.2 Å². The Balaban J connectivity index is 1.52. The molecule has 0 saturated carbocycles. The van der Waals surface area contributed by atoms with Crippen LogP contribution in [0.15, 0.2) is 65.1 Å². The van der Waals surface area contributed by atoms with E-state index < -0.39 is 12.2 Å². The van der Waals surface area contributed by atoms with Crippen LogP contribution >= 0.6 is 0 Å². The average molecular weight is 325 g/mol. The van der Waals surface area contributed by atoms with E-state index in [-0.39, 0.29) is 6.04 Å². The lowest BCUT2D eigenvalue weighted by Crippen LogP contribution is -2.33. The monoisotopic (exact) mass is 325 g/mol. The van der Waals surface area contributed by atoms with Gasteiger partial charge in [0.05, 0.1) is 6.10 Å². The molecule has 3 N–H and O–H groups in total. The lowest BCUT2D eigenvalue weighted by atomic mass is 10.0. The van der Waals surface area contributed by atoms with Crippen molar-refractivity contribution >= 4 is 11.0 Å². The number of hydrogen-bond donors (Lipinski definition) is 3. The topological polar surface area (TPSA) is 65.6 Å². The Bertz CT molecular complexity index is 736. The molecule has 2 aromatic carbocycles. The summed E-state index contributed by atoms with van der Waals surface area (Å²) in [5, 5.41) is 24.9.